The van der Waals surface area contributed by atoms with E-state index in [1.807, 2.05) is 19.9 Å². The summed E-state index contributed by atoms with van der Waals surface area (Å²) in [6.07, 6.45) is 1.72. The number of pyridine rings is 1. The Morgan fingerprint density at radius 1 is 1.33 bits per heavy atom. The number of hydrogen-bond donors (Lipinski definition) is 1. The van der Waals surface area contributed by atoms with Gasteiger partial charge in [0.25, 0.3) is 0 Å². The van der Waals surface area contributed by atoms with Gasteiger partial charge < -0.3 is 5.11 Å². The molecule has 2 heteroatoms. The molecule has 66 valence electrons. The van der Waals surface area contributed by atoms with Gasteiger partial charge in [-0.1, -0.05) is 13.8 Å². The zero-order chi connectivity index (χ0) is 9.14. The lowest BCUT2D eigenvalue weighted by Gasteiger charge is -2.06. The second-order valence-electron chi connectivity index (χ2n) is 2.93. The first-order valence-electron chi connectivity index (χ1n) is 4.37. The van der Waals surface area contributed by atoms with Gasteiger partial charge in [0.1, 0.15) is 5.75 Å². The zero-order valence-electron chi connectivity index (χ0n) is 7.89. The number of aromatic hydroxyl groups is 1. The SMILES string of the molecule is CCc1cc(C)c(O)c(CC)n1. The molecule has 0 aliphatic heterocycles. The third kappa shape index (κ3) is 1.58. The summed E-state index contributed by atoms with van der Waals surface area (Å²) in [6.45, 7) is 5.98. The van der Waals surface area contributed by atoms with Crippen molar-refractivity contribution in [2.75, 3.05) is 0 Å². The van der Waals surface area contributed by atoms with Gasteiger partial charge in [0.2, 0.25) is 0 Å². The summed E-state index contributed by atoms with van der Waals surface area (Å²) in [5, 5.41) is 9.56. The highest BCUT2D eigenvalue weighted by Gasteiger charge is 2.05. The van der Waals surface area contributed by atoms with Gasteiger partial charge in [0, 0.05) is 5.69 Å². The van der Waals surface area contributed by atoms with Crippen molar-refractivity contribution in [2.24, 2.45) is 0 Å². The Bertz CT molecular complexity index is 281. The van der Waals surface area contributed by atoms with Crippen LogP contribution in [-0.2, 0) is 12.8 Å². The number of rotatable bonds is 2. The van der Waals surface area contributed by atoms with Crippen molar-refractivity contribution >= 4 is 0 Å². The fourth-order valence-corrected chi connectivity index (χ4v) is 1.23. The zero-order valence-corrected chi connectivity index (χ0v) is 7.89. The molecule has 1 rings (SSSR count). The summed E-state index contributed by atoms with van der Waals surface area (Å²) in [6, 6.07) is 1.94. The molecule has 12 heavy (non-hydrogen) atoms. The van der Waals surface area contributed by atoms with Gasteiger partial charge >= 0.3 is 0 Å². The highest BCUT2D eigenvalue weighted by molar-refractivity contribution is 5.36. The van der Waals surface area contributed by atoms with Gasteiger partial charge in [0.05, 0.1) is 5.69 Å². The van der Waals surface area contributed by atoms with E-state index in [1.165, 1.54) is 0 Å². The standard InChI is InChI=1S/C10H15NO/c1-4-8-6-7(3)10(12)9(5-2)11-8/h6,12H,4-5H2,1-3H3. The van der Waals surface area contributed by atoms with E-state index in [9.17, 15) is 5.11 Å². The fourth-order valence-electron chi connectivity index (χ4n) is 1.23. The maximum Gasteiger partial charge on any atom is 0.139 e. The number of nitrogens with zero attached hydrogens (tertiary/aromatic N) is 1. The lowest BCUT2D eigenvalue weighted by atomic mass is 10.1. The second-order valence-corrected chi connectivity index (χ2v) is 2.93. The molecule has 0 saturated carbocycles. The molecule has 1 aromatic heterocycles. The number of aryl methyl sites for hydroxylation is 3. The second kappa shape index (κ2) is 3.57. The van der Waals surface area contributed by atoms with Crippen LogP contribution in [0, 0.1) is 6.92 Å². The van der Waals surface area contributed by atoms with Crippen LogP contribution in [0.25, 0.3) is 0 Å². The molecule has 0 aliphatic carbocycles. The van der Waals surface area contributed by atoms with E-state index < -0.39 is 0 Å². The lowest BCUT2D eigenvalue weighted by Crippen LogP contribution is -1.95. The molecule has 1 aromatic rings. The van der Waals surface area contributed by atoms with E-state index in [-0.39, 0.29) is 0 Å². The van der Waals surface area contributed by atoms with Gasteiger partial charge in [-0.3, -0.25) is 4.98 Å². The predicted molar refractivity (Wildman–Crippen MR) is 49.4 cm³/mol. The third-order valence-corrected chi connectivity index (χ3v) is 2.01. The molecule has 0 aromatic carbocycles. The number of hydrogen-bond acceptors (Lipinski definition) is 2. The Kier molecular flexibility index (Phi) is 2.69. The fraction of sp³-hybridized carbons (Fsp3) is 0.500. The summed E-state index contributed by atoms with van der Waals surface area (Å²) < 4.78 is 0. The van der Waals surface area contributed by atoms with Crippen molar-refractivity contribution in [1.29, 1.82) is 0 Å². The molecule has 0 saturated heterocycles. The van der Waals surface area contributed by atoms with Crippen molar-refractivity contribution in [3.05, 3.63) is 23.0 Å². The molecule has 1 heterocycles. The Balaban J connectivity index is 3.19. The van der Waals surface area contributed by atoms with Crippen LogP contribution in [0.4, 0.5) is 0 Å². The molecule has 0 spiro atoms. The average molecular weight is 165 g/mol. The third-order valence-electron chi connectivity index (χ3n) is 2.01. The minimum Gasteiger partial charge on any atom is -0.506 e. The Hall–Kier alpha value is -1.05. The molecule has 0 atom stereocenters. The smallest absolute Gasteiger partial charge is 0.139 e. The van der Waals surface area contributed by atoms with Crippen LogP contribution >= 0.6 is 0 Å². The van der Waals surface area contributed by atoms with Gasteiger partial charge in [-0.15, -0.1) is 0 Å². The van der Waals surface area contributed by atoms with E-state index in [4.69, 9.17) is 0 Å². The molecule has 0 radical (unpaired) electrons. The predicted octanol–water partition coefficient (Wildman–Crippen LogP) is 2.22. The number of aromatic nitrogens is 1. The average Bonchev–Trinajstić information content (AvgIpc) is 2.09. The summed E-state index contributed by atoms with van der Waals surface area (Å²) in [7, 11) is 0. The van der Waals surface area contributed by atoms with E-state index in [0.29, 0.717) is 5.75 Å². The van der Waals surface area contributed by atoms with E-state index in [2.05, 4.69) is 11.9 Å². The quantitative estimate of drug-likeness (QED) is 0.729. The molecule has 0 unspecified atom stereocenters. The van der Waals surface area contributed by atoms with Crippen molar-refractivity contribution in [3.8, 4) is 5.75 Å². The normalized spacial score (nSPS) is 10.2. The van der Waals surface area contributed by atoms with Crippen LogP contribution in [0.1, 0.15) is 30.8 Å². The van der Waals surface area contributed by atoms with Crippen LogP contribution in [-0.4, -0.2) is 10.1 Å². The monoisotopic (exact) mass is 165 g/mol. The topological polar surface area (TPSA) is 33.1 Å². The van der Waals surface area contributed by atoms with Gasteiger partial charge in [-0.25, -0.2) is 0 Å². The minimum absolute atomic E-state index is 0.356. The molecule has 0 amide bonds. The van der Waals surface area contributed by atoms with Crippen LogP contribution in [0.15, 0.2) is 6.07 Å². The first kappa shape index (κ1) is 9.04. The van der Waals surface area contributed by atoms with Crippen molar-refractivity contribution in [3.63, 3.8) is 0 Å². The van der Waals surface area contributed by atoms with Crippen molar-refractivity contribution in [2.45, 2.75) is 33.6 Å². The van der Waals surface area contributed by atoms with Crippen molar-refractivity contribution < 1.29 is 5.11 Å². The van der Waals surface area contributed by atoms with E-state index >= 15 is 0 Å². The summed E-state index contributed by atoms with van der Waals surface area (Å²) >= 11 is 0. The van der Waals surface area contributed by atoms with Crippen LogP contribution in [0.2, 0.25) is 0 Å². The first-order chi connectivity index (χ1) is 5.69. The molecule has 2 nitrogen and oxygen atoms in total. The lowest BCUT2D eigenvalue weighted by molar-refractivity contribution is 0.460. The van der Waals surface area contributed by atoms with E-state index in [1.54, 1.807) is 0 Å². The largest absolute Gasteiger partial charge is 0.506 e. The Labute approximate surface area is 73.3 Å². The minimum atomic E-state index is 0.356. The summed E-state index contributed by atoms with van der Waals surface area (Å²) in [5.74, 6) is 0.356. The van der Waals surface area contributed by atoms with Gasteiger partial charge in [-0.2, -0.15) is 0 Å². The van der Waals surface area contributed by atoms with Crippen LogP contribution in [0.5, 0.6) is 5.75 Å². The van der Waals surface area contributed by atoms with Crippen LogP contribution < -0.4 is 0 Å². The Morgan fingerprint density at radius 3 is 2.50 bits per heavy atom. The van der Waals surface area contributed by atoms with Gasteiger partial charge in [-0.05, 0) is 31.4 Å². The highest BCUT2D eigenvalue weighted by atomic mass is 16.3. The molecular formula is C10H15NO. The molecule has 0 aliphatic rings. The first-order valence-corrected chi connectivity index (χ1v) is 4.37. The maximum absolute atomic E-state index is 9.56. The van der Waals surface area contributed by atoms with E-state index in [0.717, 1.165) is 29.8 Å². The molecular weight excluding hydrogens is 150 g/mol. The summed E-state index contributed by atoms with van der Waals surface area (Å²) in [4.78, 5) is 4.32. The summed E-state index contributed by atoms with van der Waals surface area (Å²) in [5.41, 5.74) is 2.80. The highest BCUT2D eigenvalue weighted by Crippen LogP contribution is 2.21. The van der Waals surface area contributed by atoms with Crippen LogP contribution in [0.3, 0.4) is 0 Å². The molecule has 0 fully saturated rings. The maximum atomic E-state index is 9.56. The molecule has 0 bridgehead atoms. The molecule has 1 N–H and O–H groups in total. The Morgan fingerprint density at radius 2 is 2.00 bits per heavy atom. The van der Waals surface area contributed by atoms with Gasteiger partial charge in [0.15, 0.2) is 0 Å². The van der Waals surface area contributed by atoms with Crippen molar-refractivity contribution in [1.82, 2.24) is 4.98 Å².